The average Bonchev–Trinajstić information content (AvgIpc) is 3.11. The first-order valence-corrected chi connectivity index (χ1v) is 7.17. The topological polar surface area (TPSA) is 12.0 Å². The van der Waals surface area contributed by atoms with Gasteiger partial charge in [-0.2, -0.15) is 0 Å². The lowest BCUT2D eigenvalue weighted by molar-refractivity contribution is 0.723. The Morgan fingerprint density at radius 1 is 1.47 bits per heavy atom. The molecule has 1 N–H and O–H groups in total. The highest BCUT2D eigenvalue weighted by Gasteiger charge is 2.20. The van der Waals surface area contributed by atoms with Crippen molar-refractivity contribution in [2.75, 3.05) is 6.54 Å². The van der Waals surface area contributed by atoms with E-state index in [2.05, 4.69) is 59.4 Å². The van der Waals surface area contributed by atoms with Crippen molar-refractivity contribution >= 4 is 22.0 Å². The fourth-order valence-electron chi connectivity index (χ4n) is 1.81. The SMILES string of the molecule is CC/C(=C/c1ccc(C)cc1Br)CNC1CC1. The lowest BCUT2D eigenvalue weighted by Gasteiger charge is -2.08. The van der Waals surface area contributed by atoms with Crippen LogP contribution < -0.4 is 5.32 Å². The number of hydrogen-bond donors (Lipinski definition) is 1. The summed E-state index contributed by atoms with van der Waals surface area (Å²) in [7, 11) is 0. The summed E-state index contributed by atoms with van der Waals surface area (Å²) < 4.78 is 1.19. The summed E-state index contributed by atoms with van der Waals surface area (Å²) in [6.45, 7) is 5.37. The predicted molar refractivity (Wildman–Crippen MR) is 78.2 cm³/mol. The van der Waals surface area contributed by atoms with Crippen LogP contribution in [0.3, 0.4) is 0 Å². The van der Waals surface area contributed by atoms with Crippen molar-refractivity contribution in [2.24, 2.45) is 0 Å². The maximum Gasteiger partial charge on any atom is 0.0250 e. The van der Waals surface area contributed by atoms with E-state index in [1.807, 2.05) is 0 Å². The molecule has 0 aromatic heterocycles. The minimum Gasteiger partial charge on any atom is -0.310 e. The number of halogens is 1. The molecule has 0 bridgehead atoms. The minimum atomic E-state index is 0.784. The molecule has 2 rings (SSSR count). The van der Waals surface area contributed by atoms with Crippen LogP contribution in [0.25, 0.3) is 6.08 Å². The summed E-state index contributed by atoms with van der Waals surface area (Å²) >= 11 is 3.63. The number of benzene rings is 1. The minimum absolute atomic E-state index is 0.784. The van der Waals surface area contributed by atoms with Crippen LogP contribution in [0.2, 0.25) is 0 Å². The van der Waals surface area contributed by atoms with Gasteiger partial charge in [0.15, 0.2) is 0 Å². The van der Waals surface area contributed by atoms with E-state index in [0.717, 1.165) is 19.0 Å². The second-order valence-corrected chi connectivity index (χ2v) is 5.69. The standard InChI is InChI=1S/C15H20BrN/c1-3-12(10-17-14-6-7-14)9-13-5-4-11(2)8-15(13)16/h4-5,8-9,14,17H,3,6-7,10H2,1-2H3/b12-9-. The molecule has 0 radical (unpaired) electrons. The monoisotopic (exact) mass is 293 g/mol. The van der Waals surface area contributed by atoms with E-state index in [1.54, 1.807) is 0 Å². The zero-order valence-corrected chi connectivity index (χ0v) is 12.2. The van der Waals surface area contributed by atoms with Gasteiger partial charge in [-0.25, -0.2) is 0 Å². The molecule has 0 saturated heterocycles. The molecule has 1 saturated carbocycles. The second-order valence-electron chi connectivity index (χ2n) is 4.84. The number of hydrogen-bond acceptors (Lipinski definition) is 1. The molecule has 0 heterocycles. The molecule has 1 nitrogen and oxygen atoms in total. The molecular formula is C15H20BrN. The normalized spacial score (nSPS) is 16.3. The van der Waals surface area contributed by atoms with E-state index in [1.165, 1.54) is 34.0 Å². The Morgan fingerprint density at radius 2 is 2.24 bits per heavy atom. The summed E-state index contributed by atoms with van der Waals surface area (Å²) in [5.41, 5.74) is 4.05. The van der Waals surface area contributed by atoms with Crippen molar-refractivity contribution in [3.05, 3.63) is 39.4 Å². The molecule has 1 aliphatic rings. The molecule has 1 aromatic carbocycles. The molecule has 2 heteroatoms. The van der Waals surface area contributed by atoms with Gasteiger partial charge >= 0.3 is 0 Å². The molecule has 17 heavy (non-hydrogen) atoms. The third kappa shape index (κ3) is 3.97. The fraction of sp³-hybridized carbons (Fsp3) is 0.467. The summed E-state index contributed by atoms with van der Waals surface area (Å²) in [6, 6.07) is 7.31. The van der Waals surface area contributed by atoms with E-state index >= 15 is 0 Å². The Bertz CT molecular complexity index is 419. The molecule has 0 spiro atoms. The van der Waals surface area contributed by atoms with Gasteiger partial charge in [-0.1, -0.05) is 46.6 Å². The average molecular weight is 294 g/mol. The lowest BCUT2D eigenvalue weighted by Crippen LogP contribution is -2.18. The quantitative estimate of drug-likeness (QED) is 0.853. The van der Waals surface area contributed by atoms with Crippen LogP contribution in [0.1, 0.15) is 37.3 Å². The van der Waals surface area contributed by atoms with Crippen molar-refractivity contribution in [3.63, 3.8) is 0 Å². The van der Waals surface area contributed by atoms with Gasteiger partial charge in [0.05, 0.1) is 0 Å². The van der Waals surface area contributed by atoms with Gasteiger partial charge in [-0.05, 0) is 43.4 Å². The maximum absolute atomic E-state index is 3.63. The molecule has 1 aromatic rings. The number of aryl methyl sites for hydroxylation is 1. The van der Waals surface area contributed by atoms with Crippen LogP contribution in [-0.4, -0.2) is 12.6 Å². The molecule has 0 aliphatic heterocycles. The van der Waals surface area contributed by atoms with Crippen molar-refractivity contribution in [3.8, 4) is 0 Å². The Labute approximate surface area is 112 Å². The van der Waals surface area contributed by atoms with Crippen LogP contribution in [-0.2, 0) is 0 Å². The first-order valence-electron chi connectivity index (χ1n) is 6.38. The molecule has 0 unspecified atom stereocenters. The Kier molecular flexibility index (Phi) is 4.41. The molecular weight excluding hydrogens is 274 g/mol. The van der Waals surface area contributed by atoms with Gasteiger partial charge in [0.1, 0.15) is 0 Å². The zero-order chi connectivity index (χ0) is 12.3. The molecule has 0 amide bonds. The van der Waals surface area contributed by atoms with Crippen LogP contribution in [0.5, 0.6) is 0 Å². The number of rotatable bonds is 5. The highest BCUT2D eigenvalue weighted by atomic mass is 79.9. The third-order valence-corrected chi connectivity index (χ3v) is 3.85. The zero-order valence-electron chi connectivity index (χ0n) is 10.6. The van der Waals surface area contributed by atoms with E-state index in [-0.39, 0.29) is 0 Å². The molecule has 0 atom stereocenters. The van der Waals surface area contributed by atoms with Crippen molar-refractivity contribution in [2.45, 2.75) is 39.2 Å². The molecule has 1 aliphatic carbocycles. The van der Waals surface area contributed by atoms with Crippen molar-refractivity contribution in [1.82, 2.24) is 5.32 Å². The second kappa shape index (κ2) is 5.83. The first-order chi connectivity index (χ1) is 8.19. The van der Waals surface area contributed by atoms with Crippen LogP contribution in [0.15, 0.2) is 28.2 Å². The van der Waals surface area contributed by atoms with E-state index < -0.39 is 0 Å². The highest BCUT2D eigenvalue weighted by Crippen LogP contribution is 2.23. The molecule has 92 valence electrons. The first kappa shape index (κ1) is 12.8. The Hall–Kier alpha value is -0.600. The van der Waals surface area contributed by atoms with E-state index in [0.29, 0.717) is 0 Å². The van der Waals surface area contributed by atoms with E-state index in [4.69, 9.17) is 0 Å². The van der Waals surface area contributed by atoms with Gasteiger partial charge < -0.3 is 5.32 Å². The fourth-order valence-corrected chi connectivity index (χ4v) is 2.42. The highest BCUT2D eigenvalue weighted by molar-refractivity contribution is 9.10. The van der Waals surface area contributed by atoms with Crippen molar-refractivity contribution in [1.29, 1.82) is 0 Å². The predicted octanol–water partition coefficient (Wildman–Crippen LogP) is 4.30. The smallest absolute Gasteiger partial charge is 0.0250 e. The Morgan fingerprint density at radius 3 is 2.82 bits per heavy atom. The molecule has 1 fully saturated rings. The van der Waals surface area contributed by atoms with Gasteiger partial charge in [0.25, 0.3) is 0 Å². The Balaban J connectivity index is 2.07. The lowest BCUT2D eigenvalue weighted by atomic mass is 10.1. The van der Waals surface area contributed by atoms with Gasteiger partial charge in [0.2, 0.25) is 0 Å². The summed E-state index contributed by atoms with van der Waals surface area (Å²) in [5.74, 6) is 0. The van der Waals surface area contributed by atoms with Gasteiger partial charge in [-0.15, -0.1) is 0 Å². The van der Waals surface area contributed by atoms with Crippen LogP contribution in [0, 0.1) is 6.92 Å². The third-order valence-electron chi connectivity index (χ3n) is 3.16. The maximum atomic E-state index is 3.63. The number of nitrogens with one attached hydrogen (secondary N) is 1. The van der Waals surface area contributed by atoms with E-state index in [9.17, 15) is 0 Å². The summed E-state index contributed by atoms with van der Waals surface area (Å²) in [5, 5.41) is 3.58. The summed E-state index contributed by atoms with van der Waals surface area (Å²) in [4.78, 5) is 0. The largest absolute Gasteiger partial charge is 0.310 e. The summed E-state index contributed by atoms with van der Waals surface area (Å²) in [6.07, 6.45) is 6.12. The van der Waals surface area contributed by atoms with Crippen LogP contribution >= 0.6 is 15.9 Å². The van der Waals surface area contributed by atoms with Gasteiger partial charge in [0, 0.05) is 17.1 Å². The van der Waals surface area contributed by atoms with Crippen molar-refractivity contribution < 1.29 is 0 Å². The van der Waals surface area contributed by atoms with Gasteiger partial charge in [-0.3, -0.25) is 0 Å². The van der Waals surface area contributed by atoms with Crippen LogP contribution in [0.4, 0.5) is 0 Å².